The minimum absolute atomic E-state index is 0.0243. The standard InChI is InChI=1S/C39H51N11O18/c40-39-49-31-30(33(58)50-39)43-19(16-42-31)15-41-18-3-1-17(2-4-18)32(57)48-24(38(67)68)8-13-28(54)46-22(36(63)64)6-11-26(52)44-20(34(59)60)5-10-25(51)45-21(35(61)62)7-12-27(53)47-23(37(65)66)9-14-29(55)56/h1-4,19-24,41,43H,5-16H2,(H,44,52)(H,45,51)(H,46,54)(H,47,53)(H,48,57)(H,55,56)(H,59,60)(H,61,62)(H,63,64)(H,65,66)(H,67,68)(H4,40,42,49,50,58)/p-6/t19-,20-,21-,22-,23-,24-/m0/s1. The van der Waals surface area contributed by atoms with Crippen LogP contribution in [0.15, 0.2) is 29.1 Å². The van der Waals surface area contributed by atoms with E-state index in [4.69, 9.17) is 5.73 Å². The molecule has 0 fully saturated rings. The lowest BCUT2D eigenvalue weighted by Gasteiger charge is -2.27. The summed E-state index contributed by atoms with van der Waals surface area (Å²) in [6.45, 7) is 0.712. The summed E-state index contributed by atoms with van der Waals surface area (Å²) in [5.41, 5.74) is 5.89. The summed E-state index contributed by atoms with van der Waals surface area (Å²) in [7, 11) is 0. The van der Waals surface area contributed by atoms with Crippen LogP contribution in [-0.2, 0) is 47.9 Å². The summed E-state index contributed by atoms with van der Waals surface area (Å²) >= 11 is 0. The Labute approximate surface area is 383 Å². The van der Waals surface area contributed by atoms with Crippen LogP contribution < -0.4 is 84.5 Å². The Kier molecular flexibility index (Phi) is 20.4. The van der Waals surface area contributed by atoms with E-state index in [1.807, 2.05) is 21.3 Å². The third kappa shape index (κ3) is 18.2. The molecule has 0 saturated carbocycles. The number of H-pyrrole nitrogens is 1. The minimum atomic E-state index is -1.91. The molecule has 370 valence electrons. The molecule has 11 N–H and O–H groups in total. The van der Waals surface area contributed by atoms with E-state index in [2.05, 4.69) is 31.2 Å². The van der Waals surface area contributed by atoms with E-state index in [0.717, 1.165) is 0 Å². The molecule has 0 spiro atoms. The van der Waals surface area contributed by atoms with Crippen LogP contribution >= 0.6 is 0 Å². The Morgan fingerprint density at radius 3 is 1.35 bits per heavy atom. The minimum Gasteiger partial charge on any atom is -0.550 e. The van der Waals surface area contributed by atoms with Gasteiger partial charge in [-0.2, -0.15) is 4.98 Å². The highest BCUT2D eigenvalue weighted by atomic mass is 16.4. The zero-order chi connectivity index (χ0) is 50.7. The van der Waals surface area contributed by atoms with Gasteiger partial charge in [-0.3, -0.25) is 33.8 Å². The number of carboxylic acids is 6. The molecule has 0 radical (unpaired) electrons. The second-order valence-corrected chi connectivity index (χ2v) is 15.0. The van der Waals surface area contributed by atoms with Gasteiger partial charge in [0, 0.05) is 56.0 Å². The molecular weight excluding hydrogens is 910 g/mol. The SMILES string of the molecule is Nc1nc2c(c(=O)[nH]1)N[C@@H](CNc1ccc(C(=O)N[C@@H](CCC(=O)N[C@@H](CCC(=O)N[C@@H](CCC(=O)N[C@@H](CCC(=O)N[C@@H](CCC(=O)[O-])C(=O)[O-])C(=O)[O-])C(=O)[O-])C(=O)[O-])C(=O)[O-])cc1)CN2. The lowest BCUT2D eigenvalue weighted by atomic mass is 10.1. The summed E-state index contributed by atoms with van der Waals surface area (Å²) in [6.07, 6.45) is -6.83. The molecule has 1 aromatic heterocycles. The van der Waals surface area contributed by atoms with Crippen molar-refractivity contribution in [3.8, 4) is 0 Å². The van der Waals surface area contributed by atoms with E-state index in [-0.39, 0.29) is 23.2 Å². The number of aromatic amines is 1. The number of anilines is 4. The summed E-state index contributed by atoms with van der Waals surface area (Å²) in [5, 5.41) is 87.8. The van der Waals surface area contributed by atoms with Gasteiger partial charge in [0.1, 0.15) is 5.69 Å². The summed E-state index contributed by atoms with van der Waals surface area (Å²) in [5.74, 6) is -15.8. The zero-order valence-corrected chi connectivity index (χ0v) is 35.6. The largest absolute Gasteiger partial charge is 0.550 e. The second-order valence-electron chi connectivity index (χ2n) is 15.0. The van der Waals surface area contributed by atoms with Crippen LogP contribution in [0.5, 0.6) is 0 Å². The normalized spacial score (nSPS) is 14.8. The molecule has 0 aliphatic carbocycles. The number of carboxylic acid groups (broad SMARTS) is 6. The number of hydrogen-bond donors (Lipinski definition) is 10. The van der Waals surface area contributed by atoms with Crippen LogP contribution in [0.3, 0.4) is 0 Å². The summed E-state index contributed by atoms with van der Waals surface area (Å²) < 4.78 is 0. The fraction of sp³-hybridized carbons (Fsp3) is 0.462. The second kappa shape index (κ2) is 25.8. The Hall–Kier alpha value is -8.53. The molecule has 0 unspecified atom stereocenters. The van der Waals surface area contributed by atoms with Gasteiger partial charge in [0.15, 0.2) is 5.82 Å². The number of amides is 5. The van der Waals surface area contributed by atoms with Crippen molar-refractivity contribution in [2.24, 2.45) is 0 Å². The Balaban J connectivity index is 1.43. The number of benzene rings is 1. The number of nitrogens with two attached hydrogens (primary N) is 1. The number of fused-ring (bicyclic) bond motifs is 1. The van der Waals surface area contributed by atoms with Crippen LogP contribution in [0.1, 0.15) is 74.6 Å². The monoisotopic (exact) mass is 955 g/mol. The van der Waals surface area contributed by atoms with E-state index in [1.165, 1.54) is 24.3 Å². The maximum atomic E-state index is 12.8. The fourth-order valence-corrected chi connectivity index (χ4v) is 6.25. The average Bonchev–Trinajstić information content (AvgIpc) is 3.26. The van der Waals surface area contributed by atoms with Gasteiger partial charge in [-0.1, -0.05) is 0 Å². The van der Waals surface area contributed by atoms with Crippen molar-refractivity contribution in [3.63, 3.8) is 0 Å². The molecule has 2 aromatic rings. The lowest BCUT2D eigenvalue weighted by Crippen LogP contribution is -2.51. The molecule has 1 aromatic carbocycles. The van der Waals surface area contributed by atoms with Gasteiger partial charge in [-0.15, -0.1) is 0 Å². The van der Waals surface area contributed by atoms with E-state index in [0.29, 0.717) is 24.6 Å². The molecule has 0 saturated heterocycles. The van der Waals surface area contributed by atoms with Crippen molar-refractivity contribution < 1.29 is 83.4 Å². The number of aromatic nitrogens is 2. The third-order valence-electron chi connectivity index (χ3n) is 9.85. The third-order valence-corrected chi connectivity index (χ3v) is 9.85. The lowest BCUT2D eigenvalue weighted by molar-refractivity contribution is -0.311. The Morgan fingerprint density at radius 1 is 0.588 bits per heavy atom. The molecule has 29 heteroatoms. The number of nitrogens with zero attached hydrogens (tertiary/aromatic N) is 1. The van der Waals surface area contributed by atoms with E-state index in [9.17, 15) is 88.2 Å². The van der Waals surface area contributed by atoms with Gasteiger partial charge in [0.05, 0.1) is 66.1 Å². The van der Waals surface area contributed by atoms with Gasteiger partial charge in [0.25, 0.3) is 11.5 Å². The number of hydrogen-bond acceptors (Lipinski definition) is 23. The Bertz CT molecular complexity index is 2290. The average molecular weight is 956 g/mol. The molecule has 1 aliphatic rings. The number of rotatable bonds is 29. The zero-order valence-electron chi connectivity index (χ0n) is 35.6. The van der Waals surface area contributed by atoms with Crippen molar-refractivity contribution in [1.82, 2.24) is 36.6 Å². The first-order valence-electron chi connectivity index (χ1n) is 20.5. The first-order valence-corrected chi connectivity index (χ1v) is 20.5. The van der Waals surface area contributed by atoms with Crippen LogP contribution in [0.4, 0.5) is 23.1 Å². The van der Waals surface area contributed by atoms with Gasteiger partial charge in [0.2, 0.25) is 29.6 Å². The van der Waals surface area contributed by atoms with Crippen LogP contribution in [0.25, 0.3) is 0 Å². The van der Waals surface area contributed by atoms with Crippen molar-refractivity contribution in [2.75, 3.05) is 34.8 Å². The molecule has 68 heavy (non-hydrogen) atoms. The van der Waals surface area contributed by atoms with Crippen molar-refractivity contribution in [1.29, 1.82) is 0 Å². The quantitative estimate of drug-likeness (QED) is 0.0362. The molecule has 29 nitrogen and oxygen atoms in total. The maximum absolute atomic E-state index is 12.8. The van der Waals surface area contributed by atoms with Gasteiger partial charge in [-0.05, 0) is 62.8 Å². The number of nitrogen functional groups attached to an aromatic ring is 1. The number of nitrogens with one attached hydrogen (secondary N) is 9. The van der Waals surface area contributed by atoms with Gasteiger partial charge in [-0.25, -0.2) is 0 Å². The fourth-order valence-electron chi connectivity index (χ4n) is 6.25. The number of carbonyl (C=O) groups excluding carboxylic acids is 11. The first-order chi connectivity index (χ1) is 32.0. The van der Waals surface area contributed by atoms with Gasteiger partial charge < -0.3 is 108 Å². The molecule has 2 heterocycles. The molecule has 1 aliphatic heterocycles. The van der Waals surface area contributed by atoms with E-state index in [1.54, 1.807) is 0 Å². The molecule has 6 atom stereocenters. The summed E-state index contributed by atoms with van der Waals surface area (Å²) in [4.78, 5) is 150. The Morgan fingerprint density at radius 2 is 0.971 bits per heavy atom. The highest BCUT2D eigenvalue weighted by Crippen LogP contribution is 2.20. The molecule has 5 amide bonds. The van der Waals surface area contributed by atoms with Crippen molar-refractivity contribution in [3.05, 3.63) is 40.2 Å². The molecule has 3 rings (SSSR count). The number of carbonyl (C=O) groups is 11. The maximum Gasteiger partial charge on any atom is 0.277 e. The predicted molar refractivity (Wildman–Crippen MR) is 215 cm³/mol. The van der Waals surface area contributed by atoms with E-state index < -0.39 is 165 Å². The van der Waals surface area contributed by atoms with Crippen molar-refractivity contribution >= 4 is 88.5 Å². The highest BCUT2D eigenvalue weighted by molar-refractivity contribution is 5.97. The summed E-state index contributed by atoms with van der Waals surface area (Å²) in [6, 6.07) is -3.54. The smallest absolute Gasteiger partial charge is 0.277 e. The van der Waals surface area contributed by atoms with Crippen LogP contribution in [-0.4, -0.2) is 125 Å². The van der Waals surface area contributed by atoms with E-state index >= 15 is 0 Å². The van der Waals surface area contributed by atoms with Gasteiger partial charge >= 0.3 is 0 Å². The molecular formula is C39H45N11O18-6. The predicted octanol–water partition coefficient (Wildman–Crippen LogP) is -10.9. The number of aliphatic carboxylic acids is 6. The van der Waals surface area contributed by atoms with Crippen LogP contribution in [0.2, 0.25) is 0 Å². The van der Waals surface area contributed by atoms with Crippen LogP contribution in [0, 0.1) is 0 Å². The van der Waals surface area contributed by atoms with Crippen molar-refractivity contribution in [2.45, 2.75) is 100 Å². The first kappa shape index (κ1) is 53.8. The highest BCUT2D eigenvalue weighted by Gasteiger charge is 2.24. The molecule has 0 bridgehead atoms. The topological polar surface area (TPSA) is 494 Å².